The van der Waals surface area contributed by atoms with E-state index in [2.05, 4.69) is 20.3 Å². The van der Waals surface area contributed by atoms with Gasteiger partial charge < -0.3 is 11.1 Å². The monoisotopic (exact) mass is 283 g/mol. The van der Waals surface area contributed by atoms with Crippen molar-refractivity contribution in [3.05, 3.63) is 34.6 Å². The molecule has 1 aromatic heterocycles. The minimum atomic E-state index is 0.126. The highest BCUT2D eigenvalue weighted by atomic mass is 35.5. The van der Waals surface area contributed by atoms with Crippen molar-refractivity contribution in [2.45, 2.75) is 12.8 Å². The first-order valence-corrected chi connectivity index (χ1v) is 6.09. The van der Waals surface area contributed by atoms with E-state index in [1.54, 1.807) is 6.07 Å². The van der Waals surface area contributed by atoms with Gasteiger partial charge in [0.15, 0.2) is 5.82 Å². The Bertz CT molecular complexity index is 573. The maximum atomic E-state index is 6.03. The van der Waals surface area contributed by atoms with Crippen molar-refractivity contribution in [2.75, 3.05) is 11.1 Å². The summed E-state index contributed by atoms with van der Waals surface area (Å²) >= 11 is 11.7. The van der Waals surface area contributed by atoms with Crippen molar-refractivity contribution in [3.63, 3.8) is 0 Å². The van der Waals surface area contributed by atoms with Crippen LogP contribution in [0.15, 0.2) is 18.2 Å². The Balaban J connectivity index is 2.27. The van der Waals surface area contributed by atoms with Crippen LogP contribution in [0.1, 0.15) is 11.4 Å². The van der Waals surface area contributed by atoms with E-state index < -0.39 is 0 Å². The zero-order chi connectivity index (χ0) is 13.1. The van der Waals surface area contributed by atoms with E-state index in [1.807, 2.05) is 19.1 Å². The van der Waals surface area contributed by atoms with E-state index in [9.17, 15) is 0 Å². The van der Waals surface area contributed by atoms with Crippen LogP contribution >= 0.6 is 23.2 Å². The topological polar surface area (TPSA) is 76.7 Å². The molecule has 0 aliphatic heterocycles. The molecule has 2 aromatic rings. The van der Waals surface area contributed by atoms with E-state index >= 15 is 0 Å². The largest absolute Gasteiger partial charge is 0.368 e. The predicted molar refractivity (Wildman–Crippen MR) is 73.3 cm³/mol. The molecule has 18 heavy (non-hydrogen) atoms. The highest BCUT2D eigenvalue weighted by Crippen LogP contribution is 2.22. The summed E-state index contributed by atoms with van der Waals surface area (Å²) in [5, 5.41) is 3.67. The van der Waals surface area contributed by atoms with Crippen LogP contribution in [0.4, 0.5) is 17.6 Å². The van der Waals surface area contributed by atoms with Gasteiger partial charge in [-0.25, -0.2) is 0 Å². The summed E-state index contributed by atoms with van der Waals surface area (Å²) in [4.78, 5) is 12.0. The number of hydrogen-bond donors (Lipinski definition) is 2. The average molecular weight is 284 g/mol. The van der Waals surface area contributed by atoms with E-state index in [0.29, 0.717) is 16.8 Å². The third-order valence-electron chi connectivity index (χ3n) is 2.25. The Labute approximate surface area is 114 Å². The van der Waals surface area contributed by atoms with Gasteiger partial charge in [0, 0.05) is 10.7 Å². The number of rotatable bonds is 3. The molecule has 3 N–H and O–H groups in total. The number of hydrogen-bond acceptors (Lipinski definition) is 5. The first-order chi connectivity index (χ1) is 8.58. The predicted octanol–water partition coefficient (Wildman–Crippen LogP) is 2.90. The first-order valence-electron chi connectivity index (χ1n) is 5.18. The van der Waals surface area contributed by atoms with Crippen molar-refractivity contribution in [1.29, 1.82) is 0 Å². The summed E-state index contributed by atoms with van der Waals surface area (Å²) < 4.78 is 0. The minimum absolute atomic E-state index is 0.126. The van der Waals surface area contributed by atoms with Crippen LogP contribution in [-0.4, -0.2) is 15.0 Å². The number of halogens is 2. The molecule has 0 aliphatic carbocycles. The Morgan fingerprint density at radius 1 is 1.28 bits per heavy atom. The second kappa shape index (κ2) is 5.37. The average Bonchev–Trinajstić information content (AvgIpc) is 2.33. The van der Waals surface area contributed by atoms with Crippen molar-refractivity contribution >= 4 is 40.8 Å². The normalized spacial score (nSPS) is 10.4. The van der Waals surface area contributed by atoms with Crippen molar-refractivity contribution in [1.82, 2.24) is 15.0 Å². The zero-order valence-electron chi connectivity index (χ0n) is 9.61. The van der Waals surface area contributed by atoms with Gasteiger partial charge in [-0.2, -0.15) is 15.0 Å². The molecule has 5 nitrogen and oxygen atoms in total. The summed E-state index contributed by atoms with van der Waals surface area (Å²) in [6, 6.07) is 5.57. The molecule has 0 bridgehead atoms. The molecule has 0 saturated carbocycles. The van der Waals surface area contributed by atoms with Gasteiger partial charge in [-0.3, -0.25) is 0 Å². The summed E-state index contributed by atoms with van der Waals surface area (Å²) in [6.07, 6.45) is 0. The smallest absolute Gasteiger partial charge is 0.232 e. The van der Waals surface area contributed by atoms with E-state index in [4.69, 9.17) is 28.9 Å². The summed E-state index contributed by atoms with van der Waals surface area (Å²) in [5.74, 6) is 1.07. The lowest BCUT2D eigenvalue weighted by Crippen LogP contribution is -2.06. The number of anilines is 3. The quantitative estimate of drug-likeness (QED) is 0.847. The number of nitrogens with two attached hydrogens (primary N) is 1. The number of aromatic nitrogens is 3. The maximum Gasteiger partial charge on any atom is 0.232 e. The fourth-order valence-electron chi connectivity index (χ4n) is 1.35. The molecule has 1 heterocycles. The van der Waals surface area contributed by atoms with Gasteiger partial charge in [0.2, 0.25) is 11.9 Å². The van der Waals surface area contributed by atoms with Crippen LogP contribution in [0.2, 0.25) is 5.02 Å². The molecular formula is C11H11Cl2N5. The van der Waals surface area contributed by atoms with Crippen LogP contribution in [0.25, 0.3) is 0 Å². The van der Waals surface area contributed by atoms with Gasteiger partial charge in [0.05, 0.1) is 5.88 Å². The van der Waals surface area contributed by atoms with Crippen LogP contribution in [0, 0.1) is 6.92 Å². The molecule has 0 amide bonds. The van der Waals surface area contributed by atoms with Gasteiger partial charge in [0.1, 0.15) is 0 Å². The van der Waals surface area contributed by atoms with Crippen molar-refractivity contribution < 1.29 is 0 Å². The molecule has 0 saturated heterocycles. The Morgan fingerprint density at radius 2 is 2.06 bits per heavy atom. The molecule has 0 fully saturated rings. The number of nitrogen functional groups attached to an aromatic ring is 1. The highest BCUT2D eigenvalue weighted by Gasteiger charge is 2.05. The van der Waals surface area contributed by atoms with Crippen molar-refractivity contribution in [2.24, 2.45) is 0 Å². The maximum absolute atomic E-state index is 6.03. The number of nitrogens with one attached hydrogen (secondary N) is 1. The number of nitrogens with zero attached hydrogens (tertiary/aromatic N) is 3. The fourth-order valence-corrected chi connectivity index (χ4v) is 1.65. The fraction of sp³-hybridized carbons (Fsp3) is 0.182. The third-order valence-corrected chi connectivity index (χ3v) is 2.89. The molecule has 0 aliphatic rings. The Kier molecular flexibility index (Phi) is 3.84. The van der Waals surface area contributed by atoms with Gasteiger partial charge >= 0.3 is 0 Å². The molecular weight excluding hydrogens is 273 g/mol. The summed E-state index contributed by atoms with van der Waals surface area (Å²) in [5.41, 5.74) is 7.33. The standard InChI is InChI=1S/C11H11Cl2N5/c1-6-2-3-7(4-8(6)13)15-11-17-9(5-12)16-10(14)18-11/h2-4H,5H2,1H3,(H3,14,15,16,17,18). The highest BCUT2D eigenvalue weighted by molar-refractivity contribution is 6.31. The minimum Gasteiger partial charge on any atom is -0.368 e. The number of alkyl halides is 1. The molecule has 1 aromatic carbocycles. The SMILES string of the molecule is Cc1ccc(Nc2nc(N)nc(CCl)n2)cc1Cl. The van der Waals surface area contributed by atoms with Crippen LogP contribution < -0.4 is 11.1 Å². The van der Waals surface area contributed by atoms with Gasteiger partial charge in [-0.05, 0) is 24.6 Å². The van der Waals surface area contributed by atoms with E-state index in [-0.39, 0.29) is 11.8 Å². The van der Waals surface area contributed by atoms with Gasteiger partial charge in [-0.1, -0.05) is 17.7 Å². The van der Waals surface area contributed by atoms with Crippen LogP contribution in [0.3, 0.4) is 0 Å². The second-order valence-electron chi connectivity index (χ2n) is 3.66. The summed E-state index contributed by atoms with van der Waals surface area (Å²) in [6.45, 7) is 1.93. The zero-order valence-corrected chi connectivity index (χ0v) is 11.1. The lowest BCUT2D eigenvalue weighted by molar-refractivity contribution is 0.979. The number of aryl methyl sites for hydroxylation is 1. The molecule has 0 atom stereocenters. The lowest BCUT2D eigenvalue weighted by atomic mass is 10.2. The van der Waals surface area contributed by atoms with Gasteiger partial charge in [0.25, 0.3) is 0 Å². The van der Waals surface area contributed by atoms with Gasteiger partial charge in [-0.15, -0.1) is 11.6 Å². The van der Waals surface area contributed by atoms with Crippen LogP contribution in [-0.2, 0) is 5.88 Å². The first kappa shape index (κ1) is 12.9. The second-order valence-corrected chi connectivity index (χ2v) is 4.33. The third kappa shape index (κ3) is 3.00. The van der Waals surface area contributed by atoms with E-state index in [0.717, 1.165) is 11.3 Å². The molecule has 0 unspecified atom stereocenters. The Hall–Kier alpha value is -1.59. The Morgan fingerprint density at radius 3 is 2.72 bits per heavy atom. The lowest BCUT2D eigenvalue weighted by Gasteiger charge is -2.07. The van der Waals surface area contributed by atoms with E-state index in [1.165, 1.54) is 0 Å². The molecule has 94 valence electrons. The van der Waals surface area contributed by atoms with Crippen LogP contribution in [0.5, 0.6) is 0 Å². The number of benzene rings is 1. The van der Waals surface area contributed by atoms with Crippen molar-refractivity contribution in [3.8, 4) is 0 Å². The molecule has 2 rings (SSSR count). The molecule has 0 radical (unpaired) electrons. The molecule has 0 spiro atoms. The molecule has 7 heteroatoms. The summed E-state index contributed by atoms with van der Waals surface area (Å²) in [7, 11) is 0.